The molecule has 3 fully saturated rings. The van der Waals surface area contributed by atoms with Gasteiger partial charge in [-0.1, -0.05) is 12.2 Å². The molecule has 21 heavy (non-hydrogen) atoms. The van der Waals surface area contributed by atoms with Crippen LogP contribution in [0.3, 0.4) is 0 Å². The number of piperidine rings is 2. The minimum absolute atomic E-state index is 0.113. The molecule has 3 saturated heterocycles. The summed E-state index contributed by atoms with van der Waals surface area (Å²) in [6.45, 7) is 8.41. The second kappa shape index (κ2) is 4.56. The molecule has 4 rings (SSSR count). The van der Waals surface area contributed by atoms with Crippen LogP contribution in [0.25, 0.3) is 0 Å². The molecule has 0 saturated carbocycles. The van der Waals surface area contributed by atoms with E-state index >= 15 is 0 Å². The highest BCUT2D eigenvalue weighted by Crippen LogP contribution is 2.53. The van der Waals surface area contributed by atoms with Crippen molar-refractivity contribution in [1.82, 2.24) is 4.90 Å². The number of fused-ring (bicyclic) bond motifs is 1. The summed E-state index contributed by atoms with van der Waals surface area (Å²) in [6, 6.07) is 0. The number of quaternary nitrogens is 1. The summed E-state index contributed by atoms with van der Waals surface area (Å²) in [5, 5.41) is 0. The maximum absolute atomic E-state index is 12.3. The Morgan fingerprint density at radius 2 is 2.19 bits per heavy atom. The minimum Gasteiger partial charge on any atom is -0.361 e. The number of amides is 1. The van der Waals surface area contributed by atoms with Crippen molar-refractivity contribution in [2.45, 2.75) is 56.8 Å². The molecule has 4 heterocycles. The largest absolute Gasteiger partial charge is 0.361 e. The van der Waals surface area contributed by atoms with Crippen LogP contribution < -0.4 is 4.90 Å². The zero-order valence-corrected chi connectivity index (χ0v) is 13.2. The Labute approximate surface area is 127 Å². The number of rotatable bonds is 1. The van der Waals surface area contributed by atoms with Crippen molar-refractivity contribution in [3.05, 3.63) is 12.2 Å². The standard InChI is InChI=1S/C17H26N2O2/c1-3-18-8-6-16(7-9-18)11-14-10-15-4-5-17(14,21-15)12-19(16)13(2)20/h4-5,14-15H,3,6-12H2,1-2H3/p+1/t14-,15+,17+/m1/s1. The van der Waals surface area contributed by atoms with Gasteiger partial charge in [0.2, 0.25) is 5.91 Å². The van der Waals surface area contributed by atoms with E-state index in [-0.39, 0.29) is 17.0 Å². The molecule has 3 atom stereocenters. The first-order valence-electron chi connectivity index (χ1n) is 8.56. The summed E-state index contributed by atoms with van der Waals surface area (Å²) < 4.78 is 6.21. The highest BCUT2D eigenvalue weighted by atomic mass is 16.5. The van der Waals surface area contributed by atoms with Gasteiger partial charge >= 0.3 is 0 Å². The Hall–Kier alpha value is -0.870. The van der Waals surface area contributed by atoms with E-state index < -0.39 is 0 Å². The first-order chi connectivity index (χ1) is 10.1. The maximum atomic E-state index is 12.3. The van der Waals surface area contributed by atoms with Crippen LogP contribution in [0, 0.1) is 5.92 Å². The van der Waals surface area contributed by atoms with E-state index in [0.29, 0.717) is 12.0 Å². The Balaban J connectivity index is 1.62. The van der Waals surface area contributed by atoms with E-state index in [2.05, 4.69) is 24.0 Å². The van der Waals surface area contributed by atoms with E-state index in [9.17, 15) is 4.79 Å². The van der Waals surface area contributed by atoms with E-state index in [1.54, 1.807) is 11.8 Å². The second-order valence-electron chi connectivity index (χ2n) is 7.54. The van der Waals surface area contributed by atoms with Crippen LogP contribution >= 0.6 is 0 Å². The van der Waals surface area contributed by atoms with Crippen LogP contribution in [0.2, 0.25) is 0 Å². The van der Waals surface area contributed by atoms with Crippen LogP contribution in [0.5, 0.6) is 0 Å². The van der Waals surface area contributed by atoms with Gasteiger partial charge in [-0.05, 0) is 25.7 Å². The van der Waals surface area contributed by atoms with Crippen molar-refractivity contribution < 1.29 is 14.4 Å². The van der Waals surface area contributed by atoms with Gasteiger partial charge in [0.1, 0.15) is 5.60 Å². The molecule has 0 aliphatic carbocycles. The monoisotopic (exact) mass is 291 g/mol. The molecule has 1 amide bonds. The fourth-order valence-corrected chi connectivity index (χ4v) is 5.27. The molecule has 0 unspecified atom stereocenters. The average Bonchev–Trinajstić information content (AvgIpc) is 3.03. The third-order valence-electron chi connectivity index (χ3n) is 6.54. The summed E-state index contributed by atoms with van der Waals surface area (Å²) in [5.41, 5.74) is -0.0432. The van der Waals surface area contributed by atoms with Gasteiger partial charge in [0.15, 0.2) is 0 Å². The van der Waals surface area contributed by atoms with Crippen molar-refractivity contribution in [3.8, 4) is 0 Å². The number of hydrogen-bond acceptors (Lipinski definition) is 2. The van der Waals surface area contributed by atoms with Crippen molar-refractivity contribution in [2.75, 3.05) is 26.2 Å². The van der Waals surface area contributed by atoms with Gasteiger partial charge in [0, 0.05) is 19.8 Å². The molecule has 1 N–H and O–H groups in total. The lowest BCUT2D eigenvalue weighted by atomic mass is 9.67. The molecule has 4 nitrogen and oxygen atoms in total. The van der Waals surface area contributed by atoms with Crippen molar-refractivity contribution >= 4 is 5.91 Å². The number of carbonyl (C=O) groups excluding carboxylic acids is 1. The second-order valence-corrected chi connectivity index (χ2v) is 7.54. The zero-order chi connectivity index (χ0) is 14.7. The summed E-state index contributed by atoms with van der Waals surface area (Å²) in [7, 11) is 0. The van der Waals surface area contributed by atoms with Crippen LogP contribution in [0.15, 0.2) is 12.2 Å². The molecule has 4 aliphatic rings. The number of nitrogens with zero attached hydrogens (tertiary/aromatic N) is 1. The van der Waals surface area contributed by atoms with E-state index in [0.717, 1.165) is 32.2 Å². The predicted octanol–water partition coefficient (Wildman–Crippen LogP) is 0.390. The molecule has 4 heteroatoms. The molecule has 0 radical (unpaired) electrons. The summed E-state index contributed by atoms with van der Waals surface area (Å²) in [5.74, 6) is 0.849. The van der Waals surface area contributed by atoms with Gasteiger partial charge in [0.25, 0.3) is 0 Å². The number of hydrogen-bond donors (Lipinski definition) is 1. The van der Waals surface area contributed by atoms with Crippen LogP contribution in [0.4, 0.5) is 0 Å². The summed E-state index contributed by atoms with van der Waals surface area (Å²) in [6.07, 6.45) is 9.39. The average molecular weight is 291 g/mol. The van der Waals surface area contributed by atoms with Gasteiger partial charge < -0.3 is 14.5 Å². The van der Waals surface area contributed by atoms with E-state index in [1.165, 1.54) is 19.6 Å². The molecular formula is C17H27N2O2+. The summed E-state index contributed by atoms with van der Waals surface area (Å²) in [4.78, 5) is 16.2. The topological polar surface area (TPSA) is 34.0 Å². The van der Waals surface area contributed by atoms with Gasteiger partial charge in [0.05, 0.1) is 37.8 Å². The van der Waals surface area contributed by atoms with Gasteiger partial charge in [-0.15, -0.1) is 0 Å². The fourth-order valence-electron chi connectivity index (χ4n) is 5.27. The van der Waals surface area contributed by atoms with Gasteiger partial charge in [-0.25, -0.2) is 0 Å². The Morgan fingerprint density at radius 3 is 2.81 bits per heavy atom. The van der Waals surface area contributed by atoms with Gasteiger partial charge in [-0.2, -0.15) is 0 Å². The van der Waals surface area contributed by atoms with Crippen molar-refractivity contribution in [2.24, 2.45) is 5.92 Å². The third kappa shape index (κ3) is 1.92. The molecule has 2 spiro atoms. The van der Waals surface area contributed by atoms with Crippen LogP contribution in [-0.4, -0.2) is 54.2 Å². The molecule has 116 valence electrons. The molecule has 0 aromatic rings. The Morgan fingerprint density at radius 1 is 1.43 bits per heavy atom. The number of ether oxygens (including phenoxy) is 1. The first-order valence-corrected chi connectivity index (χ1v) is 8.56. The van der Waals surface area contributed by atoms with Crippen LogP contribution in [-0.2, 0) is 9.53 Å². The molecule has 0 aromatic carbocycles. The lowest BCUT2D eigenvalue weighted by molar-refractivity contribution is -0.905. The molecule has 4 aliphatic heterocycles. The lowest BCUT2D eigenvalue weighted by Gasteiger charge is -2.55. The number of nitrogens with one attached hydrogen (secondary N) is 1. The third-order valence-corrected chi connectivity index (χ3v) is 6.54. The normalized spacial score (nSPS) is 47.9. The molecular weight excluding hydrogens is 264 g/mol. The van der Waals surface area contributed by atoms with E-state index in [1.807, 2.05) is 0 Å². The Kier molecular flexibility index (Phi) is 2.99. The number of carbonyl (C=O) groups is 1. The minimum atomic E-state index is -0.156. The van der Waals surface area contributed by atoms with E-state index in [4.69, 9.17) is 4.74 Å². The first kappa shape index (κ1) is 13.8. The maximum Gasteiger partial charge on any atom is 0.220 e. The molecule has 0 aromatic heterocycles. The lowest BCUT2D eigenvalue weighted by Crippen LogP contribution is -3.13. The van der Waals surface area contributed by atoms with Crippen molar-refractivity contribution in [1.29, 1.82) is 0 Å². The van der Waals surface area contributed by atoms with Crippen molar-refractivity contribution in [3.63, 3.8) is 0 Å². The zero-order valence-electron chi connectivity index (χ0n) is 13.2. The molecule has 2 bridgehead atoms. The smallest absolute Gasteiger partial charge is 0.220 e. The highest BCUT2D eigenvalue weighted by Gasteiger charge is 2.60. The number of likely N-dealkylation sites (tertiary alicyclic amines) is 2. The predicted molar refractivity (Wildman–Crippen MR) is 80.1 cm³/mol. The quantitative estimate of drug-likeness (QED) is 0.709. The Bertz CT molecular complexity index is 481. The highest BCUT2D eigenvalue weighted by molar-refractivity contribution is 5.74. The van der Waals surface area contributed by atoms with Gasteiger partial charge in [-0.3, -0.25) is 4.79 Å². The summed E-state index contributed by atoms with van der Waals surface area (Å²) >= 11 is 0. The fraction of sp³-hybridized carbons (Fsp3) is 0.824. The SMILES string of the molecule is CC[NH+]1CCC2(CC1)C[C@H]1C[C@@H]3C=C[C@@]1(CN2C(C)=O)O3. The van der Waals surface area contributed by atoms with Crippen LogP contribution in [0.1, 0.15) is 39.5 Å².